The first-order chi connectivity index (χ1) is 10.1. The summed E-state index contributed by atoms with van der Waals surface area (Å²) in [5, 5.41) is 8.67. The minimum Gasteiger partial charge on any atom is -0.304 e. The Morgan fingerprint density at radius 2 is 2.00 bits per heavy atom. The fourth-order valence-corrected chi connectivity index (χ4v) is 1.86. The van der Waals surface area contributed by atoms with Crippen LogP contribution in [0.3, 0.4) is 0 Å². The first-order valence-corrected chi connectivity index (χ1v) is 6.18. The van der Waals surface area contributed by atoms with Gasteiger partial charge in [-0.05, 0) is 18.2 Å². The van der Waals surface area contributed by atoms with Crippen molar-refractivity contribution in [3.63, 3.8) is 0 Å². The summed E-state index contributed by atoms with van der Waals surface area (Å²) in [6.45, 7) is -0.0297. The molecular formula is C15H11F2N3O. The number of pyridine rings is 1. The molecule has 6 heteroatoms. The maximum Gasteiger partial charge on any atom is 0.261 e. The third kappa shape index (κ3) is 3.20. The number of aromatic nitrogens is 1. The van der Waals surface area contributed by atoms with E-state index in [2.05, 4.69) is 4.98 Å². The number of hydrogen-bond donors (Lipinski definition) is 0. The van der Waals surface area contributed by atoms with E-state index in [9.17, 15) is 13.6 Å². The van der Waals surface area contributed by atoms with Gasteiger partial charge in [-0.3, -0.25) is 9.78 Å². The Kier molecular flexibility index (Phi) is 4.57. The van der Waals surface area contributed by atoms with Crippen LogP contribution in [0.4, 0.5) is 14.5 Å². The highest BCUT2D eigenvalue weighted by Crippen LogP contribution is 2.22. The Morgan fingerprint density at radius 1 is 1.24 bits per heavy atom. The van der Waals surface area contributed by atoms with E-state index in [-0.39, 0.29) is 24.2 Å². The molecule has 0 bridgehead atoms. The van der Waals surface area contributed by atoms with Crippen molar-refractivity contribution in [2.75, 3.05) is 11.4 Å². The number of nitrogens with zero attached hydrogens (tertiary/aromatic N) is 3. The fraction of sp³-hybridized carbons (Fsp3) is 0.133. The summed E-state index contributed by atoms with van der Waals surface area (Å²) in [4.78, 5) is 17.0. The summed E-state index contributed by atoms with van der Waals surface area (Å²) < 4.78 is 27.5. The van der Waals surface area contributed by atoms with Crippen molar-refractivity contribution >= 4 is 11.6 Å². The van der Waals surface area contributed by atoms with Crippen molar-refractivity contribution in [1.29, 1.82) is 5.26 Å². The van der Waals surface area contributed by atoms with E-state index < -0.39 is 17.5 Å². The SMILES string of the molecule is N#CCCN(C(=O)c1ccncc1F)c1ccccc1F. The molecule has 0 aliphatic carbocycles. The van der Waals surface area contributed by atoms with E-state index in [0.717, 1.165) is 11.1 Å². The monoisotopic (exact) mass is 287 g/mol. The number of carbonyl (C=O) groups is 1. The van der Waals surface area contributed by atoms with Gasteiger partial charge in [0.15, 0.2) is 5.82 Å². The van der Waals surface area contributed by atoms with E-state index in [1.165, 1.54) is 30.5 Å². The number of nitriles is 1. The van der Waals surface area contributed by atoms with Crippen molar-refractivity contribution in [2.45, 2.75) is 6.42 Å². The molecule has 0 atom stereocenters. The maximum atomic E-state index is 13.9. The number of carbonyl (C=O) groups excluding carboxylic acids is 1. The summed E-state index contributed by atoms with van der Waals surface area (Å²) in [5.74, 6) is -2.12. The molecule has 1 amide bonds. The van der Waals surface area contributed by atoms with Gasteiger partial charge in [0.1, 0.15) is 5.82 Å². The second-order valence-corrected chi connectivity index (χ2v) is 4.17. The first-order valence-electron chi connectivity index (χ1n) is 6.18. The van der Waals surface area contributed by atoms with Crippen molar-refractivity contribution in [3.8, 4) is 6.07 Å². The molecule has 0 fully saturated rings. The lowest BCUT2D eigenvalue weighted by molar-refractivity contribution is 0.0982. The second-order valence-electron chi connectivity index (χ2n) is 4.17. The molecule has 4 nitrogen and oxygen atoms in total. The summed E-state index contributed by atoms with van der Waals surface area (Å²) in [5.41, 5.74) is -0.208. The summed E-state index contributed by atoms with van der Waals surface area (Å²) in [6, 6.07) is 8.76. The fourth-order valence-electron chi connectivity index (χ4n) is 1.86. The zero-order valence-corrected chi connectivity index (χ0v) is 11.0. The number of hydrogen-bond acceptors (Lipinski definition) is 3. The van der Waals surface area contributed by atoms with Crippen molar-refractivity contribution in [2.24, 2.45) is 0 Å². The number of anilines is 1. The summed E-state index contributed by atoms with van der Waals surface area (Å²) >= 11 is 0. The van der Waals surface area contributed by atoms with Gasteiger partial charge in [-0.1, -0.05) is 12.1 Å². The van der Waals surface area contributed by atoms with E-state index >= 15 is 0 Å². The van der Waals surface area contributed by atoms with Crippen molar-refractivity contribution < 1.29 is 13.6 Å². The number of amides is 1. The van der Waals surface area contributed by atoms with Gasteiger partial charge in [0.05, 0.1) is 29.9 Å². The van der Waals surface area contributed by atoms with Crippen LogP contribution in [0.5, 0.6) is 0 Å². The Hall–Kier alpha value is -2.81. The Morgan fingerprint density at radius 3 is 2.67 bits per heavy atom. The standard InChI is InChI=1S/C15H11F2N3O/c16-12-4-1-2-5-14(12)20(9-3-7-18)15(21)11-6-8-19-10-13(11)17/h1-2,4-6,8,10H,3,9H2. The second kappa shape index (κ2) is 6.57. The Labute approximate surface area is 120 Å². The third-order valence-corrected chi connectivity index (χ3v) is 2.84. The molecule has 21 heavy (non-hydrogen) atoms. The van der Waals surface area contributed by atoms with Gasteiger partial charge in [-0.25, -0.2) is 8.78 Å². The highest BCUT2D eigenvalue weighted by atomic mass is 19.1. The zero-order chi connectivity index (χ0) is 15.2. The van der Waals surface area contributed by atoms with Crippen LogP contribution in [0.15, 0.2) is 42.7 Å². The largest absolute Gasteiger partial charge is 0.304 e. The predicted octanol–water partition coefficient (Wildman–Crippen LogP) is 2.92. The van der Waals surface area contributed by atoms with Gasteiger partial charge in [0, 0.05) is 12.7 Å². The molecule has 0 unspecified atom stereocenters. The molecule has 1 aromatic heterocycles. The summed E-state index contributed by atoms with van der Waals surface area (Å²) in [7, 11) is 0. The van der Waals surface area contributed by atoms with Crippen molar-refractivity contribution in [1.82, 2.24) is 4.98 Å². The minimum absolute atomic E-state index is 0.00672. The Bertz CT molecular complexity index is 697. The van der Waals surface area contributed by atoms with Crippen LogP contribution in [-0.4, -0.2) is 17.4 Å². The van der Waals surface area contributed by atoms with Gasteiger partial charge in [-0.15, -0.1) is 0 Å². The summed E-state index contributed by atoms with van der Waals surface area (Å²) in [6.07, 6.45) is 2.20. The molecule has 106 valence electrons. The average molecular weight is 287 g/mol. The van der Waals surface area contributed by atoms with Crippen LogP contribution in [0.25, 0.3) is 0 Å². The van der Waals surface area contributed by atoms with E-state index in [0.29, 0.717) is 0 Å². The molecule has 0 saturated heterocycles. The van der Waals surface area contributed by atoms with Crippen LogP contribution < -0.4 is 4.90 Å². The number of para-hydroxylation sites is 1. The van der Waals surface area contributed by atoms with Gasteiger partial charge in [0.25, 0.3) is 5.91 Å². The number of rotatable bonds is 4. The molecule has 0 N–H and O–H groups in total. The van der Waals surface area contributed by atoms with Gasteiger partial charge in [0.2, 0.25) is 0 Å². The zero-order valence-electron chi connectivity index (χ0n) is 11.0. The van der Waals surface area contributed by atoms with Gasteiger partial charge < -0.3 is 4.90 Å². The van der Waals surface area contributed by atoms with Crippen LogP contribution >= 0.6 is 0 Å². The lowest BCUT2D eigenvalue weighted by atomic mass is 10.2. The topological polar surface area (TPSA) is 57.0 Å². The molecule has 0 radical (unpaired) electrons. The molecule has 0 aliphatic rings. The predicted molar refractivity (Wildman–Crippen MR) is 72.5 cm³/mol. The van der Waals surface area contributed by atoms with Crippen LogP contribution in [-0.2, 0) is 0 Å². The molecular weight excluding hydrogens is 276 g/mol. The van der Waals surface area contributed by atoms with Crippen LogP contribution in [0.2, 0.25) is 0 Å². The number of halogens is 2. The van der Waals surface area contributed by atoms with Crippen molar-refractivity contribution in [3.05, 3.63) is 59.9 Å². The van der Waals surface area contributed by atoms with Crippen LogP contribution in [0.1, 0.15) is 16.8 Å². The van der Waals surface area contributed by atoms with Gasteiger partial charge in [-0.2, -0.15) is 5.26 Å². The van der Waals surface area contributed by atoms with Gasteiger partial charge >= 0.3 is 0 Å². The minimum atomic E-state index is -0.791. The first kappa shape index (κ1) is 14.6. The molecule has 0 spiro atoms. The molecule has 0 aliphatic heterocycles. The molecule has 0 saturated carbocycles. The van der Waals surface area contributed by atoms with E-state index in [1.54, 1.807) is 6.07 Å². The van der Waals surface area contributed by atoms with Crippen LogP contribution in [0, 0.1) is 23.0 Å². The highest BCUT2D eigenvalue weighted by molar-refractivity contribution is 6.06. The average Bonchev–Trinajstić information content (AvgIpc) is 2.49. The molecule has 1 aromatic carbocycles. The Balaban J connectivity index is 2.42. The molecule has 1 heterocycles. The normalized spacial score (nSPS) is 9.95. The lowest BCUT2D eigenvalue weighted by Crippen LogP contribution is -2.33. The third-order valence-electron chi connectivity index (χ3n) is 2.84. The smallest absolute Gasteiger partial charge is 0.261 e. The molecule has 2 aromatic rings. The van der Waals surface area contributed by atoms with E-state index in [4.69, 9.17) is 5.26 Å². The lowest BCUT2D eigenvalue weighted by Gasteiger charge is -2.22. The number of benzene rings is 1. The maximum absolute atomic E-state index is 13.9. The molecule has 2 rings (SSSR count). The quantitative estimate of drug-likeness (QED) is 0.868. The van der Waals surface area contributed by atoms with E-state index in [1.807, 2.05) is 6.07 Å². The highest BCUT2D eigenvalue weighted by Gasteiger charge is 2.22.